The summed E-state index contributed by atoms with van der Waals surface area (Å²) in [6.45, 7) is 7.20. The van der Waals surface area contributed by atoms with Gasteiger partial charge in [-0.2, -0.15) is 9.78 Å². The average molecular weight is 612 g/mol. The van der Waals surface area contributed by atoms with Crippen LogP contribution in [0.15, 0.2) is 24.3 Å². The molecule has 4 aromatic rings. The second-order valence-corrected chi connectivity index (χ2v) is 12.5. The van der Waals surface area contributed by atoms with Gasteiger partial charge in [0.2, 0.25) is 10.1 Å². The molecule has 3 aromatic heterocycles. The van der Waals surface area contributed by atoms with Gasteiger partial charge in [-0.05, 0) is 44.2 Å². The van der Waals surface area contributed by atoms with Crippen LogP contribution in [0.4, 0.5) is 20.5 Å². The first-order valence-electron chi connectivity index (χ1n) is 14.1. The topological polar surface area (TPSA) is 109 Å². The fourth-order valence-corrected chi connectivity index (χ4v) is 7.36. The third kappa shape index (κ3) is 5.60. The lowest BCUT2D eigenvalue weighted by molar-refractivity contribution is -0.0713. The molecule has 6 rings (SSSR count). The standard InChI is InChI=1S/C28H34FN9O2S2/c1-4-21-25(35(3)26-32-24(22(15-30)41-26)18-5-7-19(29)8-6-18)38-27(31-21)42-28(33-38)37-10-9-20(16-37)34(2)17-23(39)36-11-13-40-14-12-36/h5-8,20,23,39H,4,9-14,16-17H2,1-3H3/t20-,23?/m1/s1. The molecule has 1 aromatic carbocycles. The summed E-state index contributed by atoms with van der Waals surface area (Å²) in [6.07, 6.45) is 1.20. The van der Waals surface area contributed by atoms with E-state index < -0.39 is 6.23 Å². The molecule has 2 aliphatic heterocycles. The number of hydrogen-bond donors (Lipinski definition) is 1. The number of anilines is 3. The van der Waals surface area contributed by atoms with Gasteiger partial charge >= 0.3 is 0 Å². The first-order valence-corrected chi connectivity index (χ1v) is 15.7. The van der Waals surface area contributed by atoms with E-state index in [4.69, 9.17) is 19.8 Å². The van der Waals surface area contributed by atoms with Gasteiger partial charge in [0.15, 0.2) is 10.9 Å². The molecule has 1 unspecified atom stereocenters. The van der Waals surface area contributed by atoms with E-state index in [0.717, 1.165) is 54.2 Å². The Kier molecular flexibility index (Phi) is 8.39. The fraction of sp³-hybridized carbons (Fsp3) is 0.500. The zero-order valence-corrected chi connectivity index (χ0v) is 25.5. The van der Waals surface area contributed by atoms with Crippen molar-refractivity contribution in [1.29, 1.82) is 5.26 Å². The molecule has 2 fully saturated rings. The van der Waals surface area contributed by atoms with Gasteiger partial charge in [0.05, 0.1) is 18.9 Å². The zero-order chi connectivity index (χ0) is 29.4. The highest BCUT2D eigenvalue weighted by molar-refractivity contribution is 7.20. The third-order valence-electron chi connectivity index (χ3n) is 7.99. The number of aryl methyl sites for hydroxylation is 1. The molecule has 5 heterocycles. The van der Waals surface area contributed by atoms with E-state index in [-0.39, 0.29) is 5.82 Å². The van der Waals surface area contributed by atoms with E-state index in [2.05, 4.69) is 34.7 Å². The van der Waals surface area contributed by atoms with Crippen LogP contribution in [0.25, 0.3) is 16.2 Å². The van der Waals surface area contributed by atoms with E-state index in [1.807, 2.05) is 16.5 Å². The van der Waals surface area contributed by atoms with Gasteiger partial charge in [-0.1, -0.05) is 29.6 Å². The minimum atomic E-state index is -0.502. The molecule has 0 spiro atoms. The van der Waals surface area contributed by atoms with Gasteiger partial charge in [0.1, 0.15) is 28.7 Å². The van der Waals surface area contributed by atoms with Crippen LogP contribution >= 0.6 is 22.7 Å². The van der Waals surface area contributed by atoms with Crippen molar-refractivity contribution >= 4 is 43.7 Å². The number of ether oxygens (including phenoxy) is 1. The Morgan fingerprint density at radius 1 is 1.17 bits per heavy atom. The predicted octanol–water partition coefficient (Wildman–Crippen LogP) is 3.42. The van der Waals surface area contributed by atoms with Crippen LogP contribution in [-0.2, 0) is 11.2 Å². The quantitative estimate of drug-likeness (QED) is 0.302. The van der Waals surface area contributed by atoms with Gasteiger partial charge in [-0.15, -0.1) is 5.10 Å². The number of thiazole rings is 1. The molecule has 0 saturated carbocycles. The Bertz CT molecular complexity index is 1570. The van der Waals surface area contributed by atoms with Crippen molar-refractivity contribution in [3.8, 4) is 17.3 Å². The molecule has 222 valence electrons. The normalized spacial score (nSPS) is 18.7. The summed E-state index contributed by atoms with van der Waals surface area (Å²) in [5.74, 6) is 0.486. The maximum atomic E-state index is 13.5. The fourth-order valence-electron chi connectivity index (χ4n) is 5.57. The highest BCUT2D eigenvalue weighted by Gasteiger charge is 2.31. The molecule has 14 heteroatoms. The number of aromatic nitrogens is 4. The lowest BCUT2D eigenvalue weighted by Gasteiger charge is -2.35. The van der Waals surface area contributed by atoms with Crippen molar-refractivity contribution in [2.75, 3.05) is 69.8 Å². The molecule has 0 aliphatic carbocycles. The van der Waals surface area contributed by atoms with Gasteiger partial charge in [-0.25, -0.2) is 14.4 Å². The Morgan fingerprint density at radius 2 is 1.93 bits per heavy atom. The first-order chi connectivity index (χ1) is 20.4. The number of aliphatic hydroxyl groups excluding tert-OH is 1. The number of imidazole rings is 1. The van der Waals surface area contributed by atoms with Crippen molar-refractivity contribution in [3.05, 3.63) is 40.7 Å². The number of nitrogens with zero attached hydrogens (tertiary/aromatic N) is 9. The summed E-state index contributed by atoms with van der Waals surface area (Å²) in [6, 6.07) is 8.59. The van der Waals surface area contributed by atoms with E-state index in [1.165, 1.54) is 23.5 Å². The molecule has 0 amide bonds. The van der Waals surface area contributed by atoms with Crippen molar-refractivity contribution < 1.29 is 14.2 Å². The lowest BCUT2D eigenvalue weighted by Crippen LogP contribution is -2.50. The highest BCUT2D eigenvalue weighted by atomic mass is 32.1. The maximum Gasteiger partial charge on any atom is 0.216 e. The Morgan fingerprint density at radius 3 is 2.64 bits per heavy atom. The monoisotopic (exact) mass is 611 g/mol. The number of nitriles is 1. The van der Waals surface area contributed by atoms with Crippen molar-refractivity contribution in [2.45, 2.75) is 32.0 Å². The third-order valence-corrected chi connectivity index (χ3v) is 9.99. The number of fused-ring (bicyclic) bond motifs is 1. The molecule has 2 atom stereocenters. The van der Waals surface area contributed by atoms with Crippen LogP contribution in [0.3, 0.4) is 0 Å². The number of hydrogen-bond acceptors (Lipinski definition) is 12. The Labute approximate surface area is 252 Å². The van der Waals surface area contributed by atoms with Gasteiger partial charge in [-0.3, -0.25) is 9.80 Å². The second kappa shape index (κ2) is 12.2. The van der Waals surface area contributed by atoms with Crippen LogP contribution in [0, 0.1) is 17.1 Å². The number of benzene rings is 1. The number of likely N-dealkylation sites (N-methyl/N-ethyl adjacent to an activating group) is 1. The number of halogens is 1. The van der Waals surface area contributed by atoms with Crippen LogP contribution in [0.2, 0.25) is 0 Å². The summed E-state index contributed by atoms with van der Waals surface area (Å²) >= 11 is 2.85. The Hall–Kier alpha value is -3.19. The van der Waals surface area contributed by atoms with Crippen molar-refractivity contribution in [3.63, 3.8) is 0 Å². The average Bonchev–Trinajstić information content (AvgIpc) is 3.80. The van der Waals surface area contributed by atoms with Gasteiger partial charge < -0.3 is 19.6 Å². The molecule has 2 aliphatic rings. The summed E-state index contributed by atoms with van der Waals surface area (Å²) in [5, 5.41) is 27.1. The lowest BCUT2D eigenvalue weighted by atomic mass is 10.1. The largest absolute Gasteiger partial charge is 0.379 e. The van der Waals surface area contributed by atoms with Crippen LogP contribution in [0.1, 0.15) is 23.9 Å². The molecule has 1 N–H and O–H groups in total. The molecular weight excluding hydrogens is 578 g/mol. The maximum absolute atomic E-state index is 13.5. The van der Waals surface area contributed by atoms with Crippen LogP contribution < -0.4 is 9.80 Å². The van der Waals surface area contributed by atoms with E-state index in [1.54, 1.807) is 23.5 Å². The predicted molar refractivity (Wildman–Crippen MR) is 162 cm³/mol. The van der Waals surface area contributed by atoms with Crippen molar-refractivity contribution in [2.24, 2.45) is 0 Å². The van der Waals surface area contributed by atoms with Crippen LogP contribution in [-0.4, -0.2) is 107 Å². The molecule has 11 nitrogen and oxygen atoms in total. The molecular formula is C28H34FN9O2S2. The van der Waals surface area contributed by atoms with E-state index in [0.29, 0.717) is 53.5 Å². The minimum absolute atomic E-state index is 0.315. The summed E-state index contributed by atoms with van der Waals surface area (Å²) < 4.78 is 20.8. The highest BCUT2D eigenvalue weighted by Crippen LogP contribution is 2.38. The molecule has 0 bridgehead atoms. The Balaban J connectivity index is 1.21. The van der Waals surface area contributed by atoms with E-state index >= 15 is 0 Å². The summed E-state index contributed by atoms with van der Waals surface area (Å²) in [7, 11) is 3.99. The molecule has 0 radical (unpaired) electrons. The summed E-state index contributed by atoms with van der Waals surface area (Å²) in [4.78, 5) is 19.5. The summed E-state index contributed by atoms with van der Waals surface area (Å²) in [5.41, 5.74) is 2.13. The number of aliphatic hydroxyl groups is 1. The van der Waals surface area contributed by atoms with Gasteiger partial charge in [0, 0.05) is 51.4 Å². The second-order valence-electron chi connectivity index (χ2n) is 10.6. The molecule has 2 saturated heterocycles. The number of morpholine rings is 1. The van der Waals surface area contributed by atoms with Gasteiger partial charge in [0.25, 0.3) is 0 Å². The van der Waals surface area contributed by atoms with E-state index in [9.17, 15) is 14.8 Å². The zero-order valence-electron chi connectivity index (χ0n) is 23.9. The van der Waals surface area contributed by atoms with Crippen molar-refractivity contribution in [1.82, 2.24) is 29.4 Å². The SMILES string of the molecule is CCc1nc2sc(N3CC[C@@H](N(C)CC(O)N4CCOCC4)C3)nn2c1N(C)c1nc(-c2ccc(F)cc2)c(C#N)s1. The number of rotatable bonds is 9. The van der Waals surface area contributed by atoms with Crippen LogP contribution in [0.5, 0.6) is 0 Å². The first kappa shape index (κ1) is 28.9. The smallest absolute Gasteiger partial charge is 0.216 e. The molecule has 42 heavy (non-hydrogen) atoms. The minimum Gasteiger partial charge on any atom is -0.379 e.